The van der Waals surface area contributed by atoms with Crippen LogP contribution in [0.3, 0.4) is 0 Å². The number of rotatable bonds is 14. The zero-order valence-electron chi connectivity index (χ0n) is 15.2. The molecular weight excluding hydrogens is 304 g/mol. The number of ether oxygens (including phenoxy) is 2. The Balaban J connectivity index is 2.45. The zero-order valence-corrected chi connectivity index (χ0v) is 15.2. The molecule has 138 valence electrons. The van der Waals surface area contributed by atoms with Gasteiger partial charge in [-0.05, 0) is 17.9 Å². The van der Waals surface area contributed by atoms with Gasteiger partial charge in [-0.25, -0.2) is 0 Å². The van der Waals surface area contributed by atoms with Crippen molar-refractivity contribution in [1.29, 1.82) is 0 Å². The molecule has 0 saturated carbocycles. The first-order valence-corrected chi connectivity index (χ1v) is 9.13. The highest BCUT2D eigenvalue weighted by molar-refractivity contribution is 5.22. The molecule has 24 heavy (non-hydrogen) atoms. The molecule has 1 rings (SSSR count). The van der Waals surface area contributed by atoms with Crippen LogP contribution in [0.25, 0.3) is 0 Å². The standard InChI is InChI=1S/C20H34O4/c1-18(2)9-5-4-8-12-20(22,19-10-6-3-7-11-19)17-24-16-15-23-14-13-21/h3,6-7,10-11,18,21-22H,4-5,8-9,12-17H2,1-2H3. The Morgan fingerprint density at radius 3 is 2.33 bits per heavy atom. The predicted octanol–water partition coefficient (Wildman–Crippen LogP) is 3.51. The van der Waals surface area contributed by atoms with E-state index in [2.05, 4.69) is 13.8 Å². The van der Waals surface area contributed by atoms with Gasteiger partial charge in [-0.1, -0.05) is 69.9 Å². The van der Waals surface area contributed by atoms with Gasteiger partial charge in [0.1, 0.15) is 5.60 Å². The molecule has 0 aromatic heterocycles. The summed E-state index contributed by atoms with van der Waals surface area (Å²) in [5.41, 5.74) is -0.0408. The highest BCUT2D eigenvalue weighted by Crippen LogP contribution is 2.28. The summed E-state index contributed by atoms with van der Waals surface area (Å²) < 4.78 is 10.8. The van der Waals surface area contributed by atoms with Crippen LogP contribution in [0, 0.1) is 5.92 Å². The molecule has 4 nitrogen and oxygen atoms in total. The van der Waals surface area contributed by atoms with Crippen LogP contribution >= 0.6 is 0 Å². The molecule has 4 heteroatoms. The highest BCUT2D eigenvalue weighted by atomic mass is 16.5. The van der Waals surface area contributed by atoms with Crippen LogP contribution in [0.4, 0.5) is 0 Å². The van der Waals surface area contributed by atoms with Crippen LogP contribution in [0.1, 0.15) is 51.5 Å². The smallest absolute Gasteiger partial charge is 0.113 e. The minimum absolute atomic E-state index is 0.0182. The predicted molar refractivity (Wildman–Crippen MR) is 97.0 cm³/mol. The van der Waals surface area contributed by atoms with E-state index in [0.29, 0.717) is 26.2 Å². The van der Waals surface area contributed by atoms with Gasteiger partial charge in [0.2, 0.25) is 0 Å². The second-order valence-corrected chi connectivity index (χ2v) is 6.78. The van der Waals surface area contributed by atoms with Crippen LogP contribution < -0.4 is 0 Å². The molecule has 0 radical (unpaired) electrons. The number of unbranched alkanes of at least 4 members (excludes halogenated alkanes) is 2. The molecule has 0 heterocycles. The molecule has 1 atom stereocenters. The summed E-state index contributed by atoms with van der Waals surface area (Å²) in [6, 6.07) is 9.77. The van der Waals surface area contributed by atoms with Gasteiger partial charge in [0.25, 0.3) is 0 Å². The fourth-order valence-corrected chi connectivity index (χ4v) is 2.72. The molecule has 0 bridgehead atoms. The molecule has 0 saturated heterocycles. The molecule has 1 unspecified atom stereocenters. The van der Waals surface area contributed by atoms with Crippen molar-refractivity contribution in [1.82, 2.24) is 0 Å². The summed E-state index contributed by atoms with van der Waals surface area (Å²) in [5, 5.41) is 19.8. The van der Waals surface area contributed by atoms with Gasteiger partial charge in [0.05, 0.1) is 33.0 Å². The van der Waals surface area contributed by atoms with Crippen molar-refractivity contribution >= 4 is 0 Å². The Labute approximate surface area is 146 Å². The molecule has 0 spiro atoms. The van der Waals surface area contributed by atoms with Crippen LogP contribution in [-0.4, -0.2) is 43.2 Å². The maximum Gasteiger partial charge on any atom is 0.113 e. The number of hydrogen-bond acceptors (Lipinski definition) is 4. The number of aliphatic hydroxyl groups is 2. The SMILES string of the molecule is CC(C)CCCCCC(O)(COCCOCCO)c1ccccc1. The lowest BCUT2D eigenvalue weighted by Gasteiger charge is -2.29. The van der Waals surface area contributed by atoms with E-state index in [1.807, 2.05) is 30.3 Å². The van der Waals surface area contributed by atoms with Crippen molar-refractivity contribution in [2.75, 3.05) is 33.0 Å². The maximum absolute atomic E-state index is 11.1. The van der Waals surface area contributed by atoms with E-state index in [9.17, 15) is 5.11 Å². The third-order valence-corrected chi connectivity index (χ3v) is 4.13. The number of benzene rings is 1. The van der Waals surface area contributed by atoms with Crippen LogP contribution in [-0.2, 0) is 15.1 Å². The average Bonchev–Trinajstić information content (AvgIpc) is 2.58. The molecule has 0 aliphatic heterocycles. The quantitative estimate of drug-likeness (QED) is 0.510. The lowest BCUT2D eigenvalue weighted by molar-refractivity contribution is -0.0697. The van der Waals surface area contributed by atoms with Crippen molar-refractivity contribution in [3.8, 4) is 0 Å². The zero-order chi connectivity index (χ0) is 17.7. The van der Waals surface area contributed by atoms with Crippen molar-refractivity contribution < 1.29 is 19.7 Å². The fraction of sp³-hybridized carbons (Fsp3) is 0.700. The molecule has 0 fully saturated rings. The first-order chi connectivity index (χ1) is 11.6. The topological polar surface area (TPSA) is 58.9 Å². The summed E-state index contributed by atoms with van der Waals surface area (Å²) in [5.74, 6) is 0.736. The van der Waals surface area contributed by atoms with E-state index >= 15 is 0 Å². The fourth-order valence-electron chi connectivity index (χ4n) is 2.72. The lowest BCUT2D eigenvalue weighted by Crippen LogP contribution is -2.32. The number of aliphatic hydroxyl groups excluding tert-OH is 1. The molecule has 1 aromatic carbocycles. The second-order valence-electron chi connectivity index (χ2n) is 6.78. The van der Waals surface area contributed by atoms with Gasteiger partial charge in [-0.3, -0.25) is 0 Å². The summed E-state index contributed by atoms with van der Waals surface area (Å²) in [6.45, 7) is 5.94. The normalized spacial score (nSPS) is 14.0. The van der Waals surface area contributed by atoms with E-state index in [4.69, 9.17) is 14.6 Å². The number of hydrogen-bond donors (Lipinski definition) is 2. The van der Waals surface area contributed by atoms with E-state index in [0.717, 1.165) is 24.3 Å². The third kappa shape index (κ3) is 8.78. The highest BCUT2D eigenvalue weighted by Gasteiger charge is 2.28. The lowest BCUT2D eigenvalue weighted by atomic mass is 9.88. The molecule has 0 aliphatic rings. The molecule has 0 aliphatic carbocycles. The Hall–Kier alpha value is -0.940. The van der Waals surface area contributed by atoms with Crippen LogP contribution in [0.15, 0.2) is 30.3 Å². The van der Waals surface area contributed by atoms with E-state index in [1.54, 1.807) is 0 Å². The van der Waals surface area contributed by atoms with Gasteiger partial charge in [0, 0.05) is 0 Å². The van der Waals surface area contributed by atoms with Crippen molar-refractivity contribution in [2.45, 2.75) is 51.6 Å². The van der Waals surface area contributed by atoms with Crippen molar-refractivity contribution in [2.24, 2.45) is 5.92 Å². The largest absolute Gasteiger partial charge is 0.394 e. The summed E-state index contributed by atoms with van der Waals surface area (Å²) in [4.78, 5) is 0. The monoisotopic (exact) mass is 338 g/mol. The second kappa shape index (κ2) is 12.4. The average molecular weight is 338 g/mol. The minimum atomic E-state index is -0.948. The van der Waals surface area contributed by atoms with Gasteiger partial charge in [0.15, 0.2) is 0 Å². The Kier molecular flexibility index (Phi) is 10.9. The van der Waals surface area contributed by atoms with Gasteiger partial charge in [-0.2, -0.15) is 0 Å². The maximum atomic E-state index is 11.1. The Bertz CT molecular complexity index is 407. The van der Waals surface area contributed by atoms with E-state index in [1.165, 1.54) is 12.8 Å². The van der Waals surface area contributed by atoms with Crippen LogP contribution in [0.2, 0.25) is 0 Å². The third-order valence-electron chi connectivity index (χ3n) is 4.13. The van der Waals surface area contributed by atoms with E-state index in [-0.39, 0.29) is 13.2 Å². The van der Waals surface area contributed by atoms with Crippen molar-refractivity contribution in [3.05, 3.63) is 35.9 Å². The summed E-state index contributed by atoms with van der Waals surface area (Å²) in [6.07, 6.45) is 5.27. The first kappa shape index (κ1) is 21.1. The van der Waals surface area contributed by atoms with Crippen molar-refractivity contribution in [3.63, 3.8) is 0 Å². The van der Waals surface area contributed by atoms with Gasteiger partial charge >= 0.3 is 0 Å². The van der Waals surface area contributed by atoms with Gasteiger partial charge < -0.3 is 19.7 Å². The Morgan fingerprint density at radius 1 is 0.958 bits per heavy atom. The minimum Gasteiger partial charge on any atom is -0.394 e. The molecule has 0 amide bonds. The summed E-state index contributed by atoms with van der Waals surface area (Å²) in [7, 11) is 0. The molecule has 1 aromatic rings. The first-order valence-electron chi connectivity index (χ1n) is 9.13. The molecule has 2 N–H and O–H groups in total. The summed E-state index contributed by atoms with van der Waals surface area (Å²) >= 11 is 0. The van der Waals surface area contributed by atoms with Crippen LogP contribution in [0.5, 0.6) is 0 Å². The molecular formula is C20H34O4. The Morgan fingerprint density at radius 2 is 1.67 bits per heavy atom. The van der Waals surface area contributed by atoms with E-state index < -0.39 is 5.60 Å². The van der Waals surface area contributed by atoms with Gasteiger partial charge in [-0.15, -0.1) is 0 Å².